The van der Waals surface area contributed by atoms with E-state index < -0.39 is 5.97 Å². The van der Waals surface area contributed by atoms with E-state index in [9.17, 15) is 9.90 Å². The molecule has 3 aliphatic rings. The summed E-state index contributed by atoms with van der Waals surface area (Å²) in [5.41, 5.74) is 0.437. The van der Waals surface area contributed by atoms with Crippen molar-refractivity contribution < 1.29 is 14.6 Å². The van der Waals surface area contributed by atoms with Crippen LogP contribution in [0.4, 0.5) is 0 Å². The van der Waals surface area contributed by atoms with Gasteiger partial charge in [0.1, 0.15) is 0 Å². The number of carboxylic acid groups (broad SMARTS) is 1. The summed E-state index contributed by atoms with van der Waals surface area (Å²) in [4.78, 5) is 11.2. The summed E-state index contributed by atoms with van der Waals surface area (Å²) in [7, 11) is 0. The van der Waals surface area contributed by atoms with Gasteiger partial charge in [-0.3, -0.25) is 0 Å². The highest BCUT2D eigenvalue weighted by Crippen LogP contribution is 2.60. The molecule has 3 heteroatoms. The van der Waals surface area contributed by atoms with E-state index in [1.807, 2.05) is 0 Å². The monoisotopic (exact) mass is 250 g/mol. The van der Waals surface area contributed by atoms with E-state index in [1.54, 1.807) is 0 Å². The van der Waals surface area contributed by atoms with Crippen LogP contribution in [-0.2, 0) is 9.53 Å². The molecule has 100 valence electrons. The summed E-state index contributed by atoms with van der Waals surface area (Å²) < 4.78 is 5.91. The summed E-state index contributed by atoms with van der Waals surface area (Å²) in [5, 5.41) is 9.21. The number of hydrogen-bond donors (Lipinski definition) is 1. The van der Waals surface area contributed by atoms with E-state index in [-0.39, 0.29) is 17.6 Å². The van der Waals surface area contributed by atoms with Crippen molar-refractivity contribution >= 4 is 5.97 Å². The molecule has 2 saturated carbocycles. The molecule has 2 aliphatic carbocycles. The second-order valence-corrected chi connectivity index (χ2v) is 6.62. The third-order valence-corrected chi connectivity index (χ3v) is 5.61. The lowest BCUT2D eigenvalue weighted by Crippen LogP contribution is -2.43. The van der Waals surface area contributed by atoms with Crippen LogP contribution in [0.5, 0.6) is 0 Å². The average molecular weight is 250 g/mol. The van der Waals surface area contributed by atoms with Gasteiger partial charge in [0, 0.05) is 5.57 Å². The molecule has 0 aromatic carbocycles. The van der Waals surface area contributed by atoms with Crippen molar-refractivity contribution in [3.05, 3.63) is 12.2 Å². The molecule has 1 heterocycles. The molecule has 6 atom stereocenters. The van der Waals surface area contributed by atoms with Crippen LogP contribution in [-0.4, -0.2) is 22.8 Å². The summed E-state index contributed by atoms with van der Waals surface area (Å²) in [5.74, 6) is 0.996. The fourth-order valence-electron chi connectivity index (χ4n) is 4.40. The van der Waals surface area contributed by atoms with E-state index in [0.717, 1.165) is 19.3 Å². The lowest BCUT2D eigenvalue weighted by molar-refractivity contribution is -0.134. The quantitative estimate of drug-likeness (QED) is 0.605. The van der Waals surface area contributed by atoms with Crippen molar-refractivity contribution in [3.63, 3.8) is 0 Å². The van der Waals surface area contributed by atoms with Gasteiger partial charge < -0.3 is 9.84 Å². The lowest BCUT2D eigenvalue weighted by atomic mass is 9.58. The maximum atomic E-state index is 11.2. The van der Waals surface area contributed by atoms with Crippen LogP contribution < -0.4 is 0 Å². The predicted molar refractivity (Wildman–Crippen MR) is 68.2 cm³/mol. The molecule has 0 spiro atoms. The number of rotatable bonds is 2. The Morgan fingerprint density at radius 3 is 2.78 bits per heavy atom. The van der Waals surface area contributed by atoms with Crippen LogP contribution in [0.15, 0.2) is 12.2 Å². The van der Waals surface area contributed by atoms with Crippen molar-refractivity contribution in [1.82, 2.24) is 0 Å². The Labute approximate surface area is 108 Å². The number of carboxylic acids is 1. The lowest BCUT2D eigenvalue weighted by Gasteiger charge is -2.44. The summed E-state index contributed by atoms with van der Waals surface area (Å²) in [6.45, 7) is 8.30. The van der Waals surface area contributed by atoms with Gasteiger partial charge in [-0.1, -0.05) is 13.5 Å². The molecule has 1 aliphatic heterocycles. The Balaban J connectivity index is 1.87. The van der Waals surface area contributed by atoms with Crippen molar-refractivity contribution in [2.75, 3.05) is 0 Å². The van der Waals surface area contributed by atoms with Crippen LogP contribution in [0.2, 0.25) is 0 Å². The van der Waals surface area contributed by atoms with E-state index in [4.69, 9.17) is 4.74 Å². The normalized spacial score (nSPS) is 50.0. The standard InChI is InChI=1S/C15H22O3/c1-8-4-5-11(9(2)14(16)17)12-10(8)6-7-15(3)13(12)18-15/h8,10-13H,2,4-7H2,1,3H3,(H,16,17)/t8-,10+,11+,12+,13-,15-/m1/s1. The number of carbonyl (C=O) groups is 1. The summed E-state index contributed by atoms with van der Waals surface area (Å²) in [6.07, 6.45) is 4.68. The Morgan fingerprint density at radius 2 is 2.11 bits per heavy atom. The predicted octanol–water partition coefficient (Wildman–Crippen LogP) is 2.86. The third kappa shape index (κ3) is 1.63. The molecule has 1 saturated heterocycles. The Bertz CT molecular complexity index is 403. The molecule has 0 bridgehead atoms. The maximum Gasteiger partial charge on any atom is 0.331 e. The fraction of sp³-hybridized carbons (Fsp3) is 0.800. The molecule has 0 radical (unpaired) electrons. The zero-order chi connectivity index (χ0) is 13.1. The first-order valence-electron chi connectivity index (χ1n) is 7.04. The number of hydrogen-bond acceptors (Lipinski definition) is 2. The SMILES string of the molecule is C=C(C(=O)O)[C@@H]1CC[C@@H](C)[C@@H]2CC[C@@]3(C)O[C@@H]3[C@@H]21. The van der Waals surface area contributed by atoms with Crippen LogP contribution in [0.25, 0.3) is 0 Å². The molecule has 3 rings (SSSR count). The molecule has 3 fully saturated rings. The van der Waals surface area contributed by atoms with E-state index >= 15 is 0 Å². The first-order chi connectivity index (χ1) is 8.44. The minimum Gasteiger partial charge on any atom is -0.478 e. The molecule has 0 aromatic heterocycles. The van der Waals surface area contributed by atoms with Crippen molar-refractivity contribution in [3.8, 4) is 0 Å². The minimum absolute atomic E-state index is 0.0370. The average Bonchev–Trinajstić information content (AvgIpc) is 3.01. The topological polar surface area (TPSA) is 49.8 Å². The number of aliphatic carboxylic acids is 1. The molecule has 1 N–H and O–H groups in total. The highest BCUT2D eigenvalue weighted by molar-refractivity contribution is 5.86. The van der Waals surface area contributed by atoms with Gasteiger partial charge in [-0.25, -0.2) is 4.79 Å². The molecular weight excluding hydrogens is 228 g/mol. The third-order valence-electron chi connectivity index (χ3n) is 5.61. The van der Waals surface area contributed by atoms with Gasteiger partial charge in [-0.2, -0.15) is 0 Å². The molecule has 18 heavy (non-hydrogen) atoms. The largest absolute Gasteiger partial charge is 0.478 e. The van der Waals surface area contributed by atoms with E-state index in [0.29, 0.717) is 23.3 Å². The number of ether oxygens (including phenoxy) is 1. The van der Waals surface area contributed by atoms with Gasteiger partial charge >= 0.3 is 5.97 Å². The number of epoxide rings is 1. The van der Waals surface area contributed by atoms with Gasteiger partial charge in [-0.15, -0.1) is 0 Å². The van der Waals surface area contributed by atoms with Crippen molar-refractivity contribution in [2.45, 2.75) is 51.2 Å². The second-order valence-electron chi connectivity index (χ2n) is 6.62. The van der Waals surface area contributed by atoms with Gasteiger partial charge in [-0.05, 0) is 56.3 Å². The molecule has 3 nitrogen and oxygen atoms in total. The second kappa shape index (κ2) is 3.83. The van der Waals surface area contributed by atoms with Crippen molar-refractivity contribution in [2.24, 2.45) is 23.7 Å². The first-order valence-corrected chi connectivity index (χ1v) is 7.04. The van der Waals surface area contributed by atoms with E-state index in [1.165, 1.54) is 6.42 Å². The fourth-order valence-corrected chi connectivity index (χ4v) is 4.40. The molecular formula is C15H22O3. The minimum atomic E-state index is -0.832. The smallest absolute Gasteiger partial charge is 0.331 e. The molecule has 0 aromatic rings. The Kier molecular flexibility index (Phi) is 2.60. The van der Waals surface area contributed by atoms with Crippen LogP contribution in [0.3, 0.4) is 0 Å². The summed E-state index contributed by atoms with van der Waals surface area (Å²) in [6, 6.07) is 0. The highest BCUT2D eigenvalue weighted by atomic mass is 16.6. The first kappa shape index (κ1) is 12.2. The molecule has 0 unspecified atom stereocenters. The zero-order valence-electron chi connectivity index (χ0n) is 11.2. The van der Waals surface area contributed by atoms with Gasteiger partial charge in [0.05, 0.1) is 11.7 Å². The zero-order valence-corrected chi connectivity index (χ0v) is 11.2. The van der Waals surface area contributed by atoms with Gasteiger partial charge in [0.25, 0.3) is 0 Å². The highest BCUT2D eigenvalue weighted by Gasteiger charge is 2.63. The maximum absolute atomic E-state index is 11.2. The Morgan fingerprint density at radius 1 is 1.39 bits per heavy atom. The van der Waals surface area contributed by atoms with Gasteiger partial charge in [0.2, 0.25) is 0 Å². The van der Waals surface area contributed by atoms with Crippen LogP contribution >= 0.6 is 0 Å². The van der Waals surface area contributed by atoms with Crippen LogP contribution in [0, 0.1) is 23.7 Å². The molecule has 0 amide bonds. The number of fused-ring (bicyclic) bond motifs is 3. The Hall–Kier alpha value is -0.830. The van der Waals surface area contributed by atoms with Crippen molar-refractivity contribution in [1.29, 1.82) is 0 Å². The summed E-state index contributed by atoms with van der Waals surface area (Å²) >= 11 is 0. The van der Waals surface area contributed by atoms with Gasteiger partial charge in [0.15, 0.2) is 0 Å². The van der Waals surface area contributed by atoms with E-state index in [2.05, 4.69) is 20.4 Å². The van der Waals surface area contributed by atoms with Crippen LogP contribution in [0.1, 0.15) is 39.5 Å².